The molecule has 4 aromatic carbocycles. The Balaban J connectivity index is 0.000000208. The van der Waals surface area contributed by atoms with Gasteiger partial charge in [-0.05, 0) is 56.1 Å². The van der Waals surface area contributed by atoms with E-state index in [0.29, 0.717) is 26.0 Å². The van der Waals surface area contributed by atoms with E-state index in [-0.39, 0.29) is 30.4 Å². The molecule has 10 nitrogen and oxygen atoms in total. The first-order valence-corrected chi connectivity index (χ1v) is 16.8. The Morgan fingerprint density at radius 2 is 1.13 bits per heavy atom. The summed E-state index contributed by atoms with van der Waals surface area (Å²) in [6, 6.07) is 26.8. The first kappa shape index (κ1) is 35.8. The molecule has 0 amide bonds. The van der Waals surface area contributed by atoms with E-state index in [1.54, 1.807) is 24.5 Å². The minimum Gasteiger partial charge on any atom is -0.549 e. The van der Waals surface area contributed by atoms with Gasteiger partial charge in [0.05, 0.1) is 58.8 Å². The Morgan fingerprint density at radius 3 is 1.51 bits per heavy atom. The number of carboxylic acid groups (broad SMARTS) is 2. The van der Waals surface area contributed by atoms with Crippen molar-refractivity contribution in [2.45, 2.75) is 10.3 Å². The van der Waals surface area contributed by atoms with Gasteiger partial charge in [-0.15, -0.1) is 0 Å². The van der Waals surface area contributed by atoms with E-state index in [9.17, 15) is 25.2 Å². The van der Waals surface area contributed by atoms with Crippen molar-refractivity contribution in [1.29, 1.82) is 10.5 Å². The number of carbonyl (C=O) groups excluding carboxylic acids is 1. The molecule has 2 heterocycles. The van der Waals surface area contributed by atoms with Gasteiger partial charge in [0.1, 0.15) is 9.21 Å². The van der Waals surface area contributed by atoms with Crippen molar-refractivity contribution < 1.29 is 38.7 Å². The molecule has 0 spiro atoms. The second-order valence-corrected chi connectivity index (χ2v) is 12.8. The number of aromatic nitrogens is 4. The number of nitriles is 2. The molecular formula is C32H19Br2LiN6O4S2. The molecule has 0 unspecified atom stereocenters. The van der Waals surface area contributed by atoms with Crippen molar-refractivity contribution in [1.82, 2.24) is 19.1 Å². The van der Waals surface area contributed by atoms with Crippen LogP contribution in [-0.2, 0) is 9.59 Å². The Bertz CT molecular complexity index is 2050. The number of aliphatic carboxylic acids is 2. The maximum atomic E-state index is 10.8. The molecule has 0 aliphatic carbocycles. The van der Waals surface area contributed by atoms with E-state index < -0.39 is 11.9 Å². The maximum Gasteiger partial charge on any atom is 1.00 e. The molecule has 47 heavy (non-hydrogen) atoms. The van der Waals surface area contributed by atoms with Crippen LogP contribution in [0.5, 0.6) is 0 Å². The fraction of sp³-hybridized carbons (Fsp3) is 0.0625. The molecule has 6 rings (SSSR count). The normalized spacial score (nSPS) is 10.4. The van der Waals surface area contributed by atoms with Gasteiger partial charge in [0.15, 0.2) is 10.3 Å². The molecule has 0 aliphatic rings. The van der Waals surface area contributed by atoms with Crippen LogP contribution in [0.4, 0.5) is 0 Å². The Kier molecular flexibility index (Phi) is 12.4. The predicted octanol–water partition coefficient (Wildman–Crippen LogP) is 3.34. The van der Waals surface area contributed by atoms with Gasteiger partial charge in [-0.2, -0.15) is 10.5 Å². The van der Waals surface area contributed by atoms with Crippen LogP contribution in [-0.4, -0.2) is 47.7 Å². The van der Waals surface area contributed by atoms with Crippen LogP contribution < -0.4 is 24.0 Å². The average molecular weight is 782 g/mol. The summed E-state index contributed by atoms with van der Waals surface area (Å²) in [7, 11) is 0. The average Bonchev–Trinajstić information content (AvgIpc) is 3.62. The molecule has 0 radical (unpaired) electrons. The summed E-state index contributed by atoms with van der Waals surface area (Å²) >= 11 is 9.13. The molecule has 6 aromatic rings. The first-order chi connectivity index (χ1) is 22.2. The SMILES string of the molecule is N#Cc1ccc(-n2c(Br)cnc2SCC(=O)O)c2ccccc12.N#Cc1ccc(-n2c(Br)cnc2SCC(=O)[O-])c2ccccc12.[Li+]. The topological polar surface area (TPSA) is 161 Å². The zero-order valence-electron chi connectivity index (χ0n) is 24.4. The summed E-state index contributed by atoms with van der Waals surface area (Å²) in [5.74, 6) is -2.30. The van der Waals surface area contributed by atoms with E-state index in [1.165, 1.54) is 0 Å². The number of nitrogens with zero attached hydrogens (tertiary/aromatic N) is 6. The van der Waals surface area contributed by atoms with Crippen LogP contribution in [0.3, 0.4) is 0 Å². The van der Waals surface area contributed by atoms with Gasteiger partial charge in [0, 0.05) is 27.3 Å². The molecule has 1 N–H and O–H groups in total. The third kappa shape index (κ3) is 7.94. The van der Waals surface area contributed by atoms with Crippen LogP contribution in [0, 0.1) is 22.7 Å². The van der Waals surface area contributed by atoms with E-state index in [2.05, 4.69) is 54.0 Å². The molecule has 15 heteroatoms. The Morgan fingerprint density at radius 1 is 0.723 bits per heavy atom. The van der Waals surface area contributed by atoms with Crippen LogP contribution in [0.1, 0.15) is 11.1 Å². The summed E-state index contributed by atoms with van der Waals surface area (Å²) in [6.45, 7) is 0. The van der Waals surface area contributed by atoms with Gasteiger partial charge in [0.25, 0.3) is 0 Å². The number of hydrogen-bond acceptors (Lipinski definition) is 9. The molecule has 2 aromatic heterocycles. The van der Waals surface area contributed by atoms with E-state index >= 15 is 0 Å². The molecule has 0 saturated carbocycles. The second-order valence-electron chi connectivity index (χ2n) is 9.32. The zero-order chi connectivity index (χ0) is 32.8. The van der Waals surface area contributed by atoms with Crippen molar-refractivity contribution in [3.05, 3.63) is 106 Å². The Labute approximate surface area is 305 Å². The minimum absolute atomic E-state index is 0. The van der Waals surface area contributed by atoms with Crippen LogP contribution in [0.15, 0.2) is 105 Å². The van der Waals surface area contributed by atoms with Crippen LogP contribution in [0.25, 0.3) is 32.9 Å². The molecule has 0 aliphatic heterocycles. The number of carboxylic acids is 2. The number of thioether (sulfide) groups is 2. The number of benzene rings is 4. The van der Waals surface area contributed by atoms with Gasteiger partial charge in [-0.1, -0.05) is 72.1 Å². The molecule has 0 bridgehead atoms. The van der Waals surface area contributed by atoms with Gasteiger partial charge in [0.2, 0.25) is 0 Å². The minimum atomic E-state index is -1.15. The van der Waals surface area contributed by atoms with Crippen LogP contribution >= 0.6 is 55.4 Å². The number of carbonyl (C=O) groups is 2. The van der Waals surface area contributed by atoms with Crippen molar-refractivity contribution in [2.75, 3.05) is 11.5 Å². The van der Waals surface area contributed by atoms with Crippen molar-refractivity contribution in [3.63, 3.8) is 0 Å². The summed E-state index contributed by atoms with van der Waals surface area (Å²) in [4.78, 5) is 30.0. The number of halogens is 2. The van der Waals surface area contributed by atoms with Crippen LogP contribution in [0.2, 0.25) is 0 Å². The summed E-state index contributed by atoms with van der Waals surface area (Å²) < 4.78 is 5.09. The second kappa shape index (κ2) is 16.2. The van der Waals surface area contributed by atoms with Gasteiger partial charge < -0.3 is 15.0 Å². The smallest absolute Gasteiger partial charge is 0.549 e. The monoisotopic (exact) mass is 780 g/mol. The molecule has 0 saturated heterocycles. The zero-order valence-corrected chi connectivity index (χ0v) is 29.2. The van der Waals surface area contributed by atoms with Crippen molar-refractivity contribution in [3.8, 4) is 23.5 Å². The molecule has 0 fully saturated rings. The number of rotatable bonds is 8. The first-order valence-electron chi connectivity index (χ1n) is 13.2. The third-order valence-electron chi connectivity index (χ3n) is 6.54. The van der Waals surface area contributed by atoms with Crippen molar-refractivity contribution in [2.24, 2.45) is 0 Å². The van der Waals surface area contributed by atoms with Gasteiger partial charge in [-0.3, -0.25) is 13.9 Å². The standard InChI is InChI=1S/2C16H10BrN3O2S.Li/c2*17-14-8-19-16(23-9-15(21)22)20(14)13-6-5-10(7-18)11-3-1-2-4-12(11)13;/h2*1-6,8H,9H2,(H,21,22);/q;;+1/p-1. The number of fused-ring (bicyclic) bond motifs is 2. The van der Waals surface area contributed by atoms with E-state index in [1.807, 2.05) is 69.8 Å². The third-order valence-corrected chi connectivity index (χ3v) is 9.52. The largest absolute Gasteiger partial charge is 1.00 e. The summed E-state index contributed by atoms with van der Waals surface area (Å²) in [5, 5.41) is 42.7. The molecular weight excluding hydrogens is 763 g/mol. The predicted molar refractivity (Wildman–Crippen MR) is 181 cm³/mol. The van der Waals surface area contributed by atoms with Crippen molar-refractivity contribution >= 4 is 88.9 Å². The Hall–Kier alpha value is -4.00. The molecule has 228 valence electrons. The number of imidazole rings is 2. The molecule has 0 atom stereocenters. The number of hydrogen-bond donors (Lipinski definition) is 1. The van der Waals surface area contributed by atoms with E-state index in [4.69, 9.17) is 5.11 Å². The maximum absolute atomic E-state index is 10.8. The van der Waals surface area contributed by atoms with Gasteiger partial charge >= 0.3 is 24.8 Å². The summed E-state index contributed by atoms with van der Waals surface area (Å²) in [5.41, 5.74) is 2.85. The van der Waals surface area contributed by atoms with E-state index in [0.717, 1.165) is 61.0 Å². The van der Waals surface area contributed by atoms with Gasteiger partial charge in [-0.25, -0.2) is 9.97 Å². The quantitative estimate of drug-likeness (QED) is 0.179. The fourth-order valence-electron chi connectivity index (χ4n) is 4.67. The summed E-state index contributed by atoms with van der Waals surface area (Å²) in [6.07, 6.45) is 3.25. The fourth-order valence-corrected chi connectivity index (χ4v) is 7.23.